The maximum atomic E-state index is 10.6. The zero-order valence-corrected chi connectivity index (χ0v) is 7.29. The van der Waals surface area contributed by atoms with Crippen molar-refractivity contribution in [2.45, 2.75) is 20.3 Å². The zero-order chi connectivity index (χ0) is 9.14. The molecule has 1 aromatic carbocycles. The molecule has 2 heteroatoms. The van der Waals surface area contributed by atoms with Gasteiger partial charge in [-0.2, -0.15) is 0 Å². The Morgan fingerprint density at radius 3 is 2.58 bits per heavy atom. The standard InChI is InChI=1S/C10H12O2/c1-3-8-7(2)4-5-10(12)9(8)6-11/h4-6,12H,3H2,1-2H3. The van der Waals surface area contributed by atoms with Crippen LogP contribution in [0, 0.1) is 6.92 Å². The van der Waals surface area contributed by atoms with Crippen LogP contribution in [-0.4, -0.2) is 11.4 Å². The predicted octanol–water partition coefficient (Wildman–Crippen LogP) is 2.08. The first kappa shape index (κ1) is 8.78. The Morgan fingerprint density at radius 2 is 2.17 bits per heavy atom. The van der Waals surface area contributed by atoms with Gasteiger partial charge in [-0.15, -0.1) is 0 Å². The molecule has 0 spiro atoms. The van der Waals surface area contributed by atoms with Crippen LogP contribution in [0.5, 0.6) is 5.75 Å². The lowest BCUT2D eigenvalue weighted by molar-refractivity contribution is 0.112. The van der Waals surface area contributed by atoms with Gasteiger partial charge in [0.15, 0.2) is 6.29 Å². The first-order chi connectivity index (χ1) is 5.70. The van der Waals surface area contributed by atoms with Crippen molar-refractivity contribution >= 4 is 6.29 Å². The summed E-state index contributed by atoms with van der Waals surface area (Å²) < 4.78 is 0. The number of carbonyl (C=O) groups excluding carboxylic acids is 1. The second-order valence-corrected chi connectivity index (χ2v) is 2.77. The minimum atomic E-state index is 0.0763. The lowest BCUT2D eigenvalue weighted by atomic mass is 10.00. The smallest absolute Gasteiger partial charge is 0.154 e. The highest BCUT2D eigenvalue weighted by Gasteiger charge is 2.07. The van der Waals surface area contributed by atoms with Gasteiger partial charge in [0.2, 0.25) is 0 Å². The normalized spacial score (nSPS) is 9.83. The molecule has 12 heavy (non-hydrogen) atoms. The van der Waals surface area contributed by atoms with Crippen molar-refractivity contribution in [1.82, 2.24) is 0 Å². The molecule has 2 nitrogen and oxygen atoms in total. The fourth-order valence-electron chi connectivity index (χ4n) is 1.36. The van der Waals surface area contributed by atoms with E-state index < -0.39 is 0 Å². The molecule has 0 saturated heterocycles. The van der Waals surface area contributed by atoms with Crippen LogP contribution in [0.25, 0.3) is 0 Å². The van der Waals surface area contributed by atoms with Crippen molar-refractivity contribution in [2.75, 3.05) is 0 Å². The van der Waals surface area contributed by atoms with E-state index in [0.29, 0.717) is 11.8 Å². The molecular formula is C10H12O2. The highest BCUT2D eigenvalue weighted by Crippen LogP contribution is 2.22. The van der Waals surface area contributed by atoms with E-state index in [0.717, 1.165) is 17.5 Å². The Balaban J connectivity index is 3.38. The number of hydrogen-bond donors (Lipinski definition) is 1. The topological polar surface area (TPSA) is 37.3 Å². The van der Waals surface area contributed by atoms with Gasteiger partial charge in [0.1, 0.15) is 5.75 Å². The summed E-state index contributed by atoms with van der Waals surface area (Å²) in [4.78, 5) is 10.6. The van der Waals surface area contributed by atoms with E-state index in [2.05, 4.69) is 0 Å². The lowest BCUT2D eigenvalue weighted by Crippen LogP contribution is -1.94. The number of benzene rings is 1. The molecular weight excluding hydrogens is 152 g/mol. The molecule has 1 aromatic rings. The van der Waals surface area contributed by atoms with Gasteiger partial charge >= 0.3 is 0 Å². The molecule has 0 amide bonds. The lowest BCUT2D eigenvalue weighted by Gasteiger charge is -2.07. The van der Waals surface area contributed by atoms with E-state index in [-0.39, 0.29) is 5.75 Å². The highest BCUT2D eigenvalue weighted by molar-refractivity contribution is 5.82. The second-order valence-electron chi connectivity index (χ2n) is 2.77. The average molecular weight is 164 g/mol. The fraction of sp³-hybridized carbons (Fsp3) is 0.300. The molecule has 1 N–H and O–H groups in total. The molecule has 64 valence electrons. The molecule has 0 saturated carbocycles. The molecule has 0 aromatic heterocycles. The van der Waals surface area contributed by atoms with Gasteiger partial charge in [-0.1, -0.05) is 13.0 Å². The van der Waals surface area contributed by atoms with Crippen molar-refractivity contribution in [3.63, 3.8) is 0 Å². The van der Waals surface area contributed by atoms with Gasteiger partial charge in [-0.25, -0.2) is 0 Å². The van der Waals surface area contributed by atoms with Crippen molar-refractivity contribution in [3.05, 3.63) is 28.8 Å². The monoisotopic (exact) mass is 164 g/mol. The Hall–Kier alpha value is -1.31. The van der Waals surface area contributed by atoms with Crippen LogP contribution in [-0.2, 0) is 6.42 Å². The van der Waals surface area contributed by atoms with E-state index in [1.165, 1.54) is 0 Å². The molecule has 0 aliphatic carbocycles. The number of aryl methyl sites for hydroxylation is 1. The quantitative estimate of drug-likeness (QED) is 0.679. The third-order valence-electron chi connectivity index (χ3n) is 2.04. The molecule has 0 bridgehead atoms. The summed E-state index contributed by atoms with van der Waals surface area (Å²) in [5, 5.41) is 9.32. The van der Waals surface area contributed by atoms with E-state index >= 15 is 0 Å². The molecule has 0 aliphatic heterocycles. The number of rotatable bonds is 2. The van der Waals surface area contributed by atoms with Crippen LogP contribution in [0.4, 0.5) is 0 Å². The van der Waals surface area contributed by atoms with E-state index in [4.69, 9.17) is 0 Å². The summed E-state index contributed by atoms with van der Waals surface area (Å²) in [7, 11) is 0. The average Bonchev–Trinajstić information content (AvgIpc) is 2.08. The molecule has 0 unspecified atom stereocenters. The highest BCUT2D eigenvalue weighted by atomic mass is 16.3. The SMILES string of the molecule is CCc1c(C)ccc(O)c1C=O. The number of aldehydes is 1. The zero-order valence-electron chi connectivity index (χ0n) is 7.29. The number of phenols is 1. The van der Waals surface area contributed by atoms with Gasteiger partial charge in [0.05, 0.1) is 5.56 Å². The van der Waals surface area contributed by atoms with E-state index in [1.807, 2.05) is 19.9 Å². The third-order valence-corrected chi connectivity index (χ3v) is 2.04. The van der Waals surface area contributed by atoms with Crippen molar-refractivity contribution in [1.29, 1.82) is 0 Å². The summed E-state index contributed by atoms with van der Waals surface area (Å²) in [6.07, 6.45) is 1.48. The Bertz CT molecular complexity index is 303. The van der Waals surface area contributed by atoms with Gasteiger partial charge in [-0.05, 0) is 30.5 Å². The Labute approximate surface area is 71.8 Å². The summed E-state index contributed by atoms with van der Waals surface area (Å²) in [6, 6.07) is 3.37. The molecule has 0 heterocycles. The van der Waals surface area contributed by atoms with Crippen LogP contribution in [0.1, 0.15) is 28.4 Å². The van der Waals surface area contributed by atoms with Crippen molar-refractivity contribution in [3.8, 4) is 5.75 Å². The van der Waals surface area contributed by atoms with Crippen LogP contribution >= 0.6 is 0 Å². The molecule has 0 atom stereocenters. The van der Waals surface area contributed by atoms with Crippen LogP contribution in [0.2, 0.25) is 0 Å². The molecule has 1 rings (SSSR count). The first-order valence-corrected chi connectivity index (χ1v) is 3.97. The largest absolute Gasteiger partial charge is 0.507 e. The fourth-order valence-corrected chi connectivity index (χ4v) is 1.36. The minimum absolute atomic E-state index is 0.0763. The van der Waals surface area contributed by atoms with E-state index in [9.17, 15) is 9.90 Å². The molecule has 0 radical (unpaired) electrons. The van der Waals surface area contributed by atoms with Gasteiger partial charge in [-0.3, -0.25) is 4.79 Å². The summed E-state index contributed by atoms with van der Waals surface area (Å²) in [6.45, 7) is 3.90. The van der Waals surface area contributed by atoms with Gasteiger partial charge in [0, 0.05) is 0 Å². The molecule has 0 aliphatic rings. The van der Waals surface area contributed by atoms with Crippen LogP contribution in [0.3, 0.4) is 0 Å². The summed E-state index contributed by atoms with van der Waals surface area (Å²) in [5.74, 6) is 0.0763. The van der Waals surface area contributed by atoms with E-state index in [1.54, 1.807) is 6.07 Å². The predicted molar refractivity (Wildman–Crippen MR) is 47.6 cm³/mol. The molecule has 0 fully saturated rings. The minimum Gasteiger partial charge on any atom is -0.507 e. The Morgan fingerprint density at radius 1 is 1.50 bits per heavy atom. The van der Waals surface area contributed by atoms with Crippen molar-refractivity contribution in [2.24, 2.45) is 0 Å². The van der Waals surface area contributed by atoms with Crippen LogP contribution < -0.4 is 0 Å². The first-order valence-electron chi connectivity index (χ1n) is 3.97. The number of carbonyl (C=O) groups is 1. The maximum absolute atomic E-state index is 10.6. The van der Waals surface area contributed by atoms with Gasteiger partial charge in [0.25, 0.3) is 0 Å². The van der Waals surface area contributed by atoms with Gasteiger partial charge < -0.3 is 5.11 Å². The number of hydrogen-bond acceptors (Lipinski definition) is 2. The second kappa shape index (κ2) is 3.39. The van der Waals surface area contributed by atoms with Crippen LogP contribution in [0.15, 0.2) is 12.1 Å². The number of phenolic OH excluding ortho intramolecular Hbond substituents is 1. The number of aromatic hydroxyl groups is 1. The Kier molecular flexibility index (Phi) is 2.48. The maximum Gasteiger partial charge on any atom is 0.154 e. The summed E-state index contributed by atoms with van der Waals surface area (Å²) in [5.41, 5.74) is 2.42. The third kappa shape index (κ3) is 1.33. The summed E-state index contributed by atoms with van der Waals surface area (Å²) >= 11 is 0. The van der Waals surface area contributed by atoms with Crippen molar-refractivity contribution < 1.29 is 9.90 Å².